The van der Waals surface area contributed by atoms with Crippen molar-refractivity contribution in [1.29, 1.82) is 0 Å². The van der Waals surface area contributed by atoms with Gasteiger partial charge < -0.3 is 10.4 Å². The normalized spacial score (nSPS) is 12.3. The van der Waals surface area contributed by atoms with E-state index in [4.69, 9.17) is 5.11 Å². The summed E-state index contributed by atoms with van der Waals surface area (Å²) in [7, 11) is 0. The van der Waals surface area contributed by atoms with Crippen LogP contribution >= 0.6 is 0 Å². The van der Waals surface area contributed by atoms with Crippen LogP contribution in [0.15, 0.2) is 24.3 Å². The maximum Gasteiger partial charge on any atom is 0.270 e. The predicted octanol–water partition coefficient (Wildman–Crippen LogP) is 2.63. The van der Waals surface area contributed by atoms with Gasteiger partial charge >= 0.3 is 0 Å². The highest BCUT2D eigenvalue weighted by molar-refractivity contribution is 5.93. The number of rotatable bonds is 5. The number of hydrogen-bond donors (Lipinski definition) is 2. The molecule has 0 fully saturated rings. The van der Waals surface area contributed by atoms with Crippen LogP contribution in [0.4, 0.5) is 11.4 Å². The Bertz CT molecular complexity index is 643. The van der Waals surface area contributed by atoms with Crippen LogP contribution in [0.1, 0.15) is 19.0 Å². The molecule has 2 aromatic rings. The molecule has 1 unspecified atom stereocenters. The summed E-state index contributed by atoms with van der Waals surface area (Å²) < 4.78 is 0. The summed E-state index contributed by atoms with van der Waals surface area (Å²) in [5.74, 6) is 0. The minimum atomic E-state index is -0.416. The molecule has 20 heavy (non-hydrogen) atoms. The highest BCUT2D eigenvalue weighted by Gasteiger charge is 2.12. The van der Waals surface area contributed by atoms with Gasteiger partial charge in [0.25, 0.3) is 5.69 Å². The number of pyridine rings is 1. The quantitative estimate of drug-likeness (QED) is 0.647. The van der Waals surface area contributed by atoms with Crippen LogP contribution in [-0.4, -0.2) is 27.7 Å². The SMILES string of the molecule is Cc1cc(NC(C)CCO)c2cc([N+](=O)[O-])ccc2n1. The van der Waals surface area contributed by atoms with Crippen molar-refractivity contribution >= 4 is 22.3 Å². The summed E-state index contributed by atoms with van der Waals surface area (Å²) in [6, 6.07) is 6.57. The first-order valence-electron chi connectivity index (χ1n) is 6.44. The van der Waals surface area contributed by atoms with Gasteiger partial charge in [0, 0.05) is 41.5 Å². The standard InChI is InChI=1S/C14H17N3O3/c1-9(5-6-18)15-14-7-10(2)16-13-4-3-11(17(19)20)8-12(13)14/h3-4,7-9,18H,5-6H2,1-2H3,(H,15,16). The zero-order valence-corrected chi connectivity index (χ0v) is 11.5. The molecule has 0 saturated carbocycles. The lowest BCUT2D eigenvalue weighted by Gasteiger charge is -2.16. The molecule has 2 N–H and O–H groups in total. The van der Waals surface area contributed by atoms with Crippen molar-refractivity contribution in [1.82, 2.24) is 4.98 Å². The number of anilines is 1. The highest BCUT2D eigenvalue weighted by Crippen LogP contribution is 2.27. The zero-order chi connectivity index (χ0) is 14.7. The van der Waals surface area contributed by atoms with Crippen molar-refractivity contribution in [3.63, 3.8) is 0 Å². The maximum atomic E-state index is 10.9. The molecule has 0 bridgehead atoms. The Labute approximate surface area is 116 Å². The molecule has 1 aromatic carbocycles. The van der Waals surface area contributed by atoms with E-state index in [2.05, 4.69) is 10.3 Å². The van der Waals surface area contributed by atoms with E-state index in [9.17, 15) is 10.1 Å². The zero-order valence-electron chi connectivity index (χ0n) is 11.5. The molecule has 1 heterocycles. The maximum absolute atomic E-state index is 10.9. The number of fused-ring (bicyclic) bond motifs is 1. The van der Waals surface area contributed by atoms with Gasteiger partial charge in [0.2, 0.25) is 0 Å². The van der Waals surface area contributed by atoms with Gasteiger partial charge in [-0.25, -0.2) is 0 Å². The van der Waals surface area contributed by atoms with Crippen LogP contribution in [0.25, 0.3) is 10.9 Å². The number of nitro benzene ring substituents is 1. The van der Waals surface area contributed by atoms with Gasteiger partial charge in [-0.1, -0.05) is 0 Å². The molecule has 0 radical (unpaired) electrons. The minimum absolute atomic E-state index is 0.0426. The van der Waals surface area contributed by atoms with E-state index in [1.54, 1.807) is 6.07 Å². The van der Waals surface area contributed by atoms with Gasteiger partial charge in [-0.3, -0.25) is 15.1 Å². The van der Waals surface area contributed by atoms with Crippen molar-refractivity contribution in [2.24, 2.45) is 0 Å². The lowest BCUT2D eigenvalue weighted by molar-refractivity contribution is -0.384. The van der Waals surface area contributed by atoms with Crippen LogP contribution in [0, 0.1) is 17.0 Å². The second-order valence-electron chi connectivity index (χ2n) is 4.83. The Morgan fingerprint density at radius 1 is 1.45 bits per heavy atom. The topological polar surface area (TPSA) is 88.3 Å². The molecule has 6 nitrogen and oxygen atoms in total. The summed E-state index contributed by atoms with van der Waals surface area (Å²) in [5.41, 5.74) is 2.40. The van der Waals surface area contributed by atoms with Crippen LogP contribution in [0.5, 0.6) is 0 Å². The largest absolute Gasteiger partial charge is 0.396 e. The number of hydrogen-bond acceptors (Lipinski definition) is 5. The fourth-order valence-corrected chi connectivity index (χ4v) is 2.11. The Morgan fingerprint density at radius 2 is 2.20 bits per heavy atom. The molecular weight excluding hydrogens is 258 g/mol. The van der Waals surface area contributed by atoms with Crippen LogP contribution in [0.2, 0.25) is 0 Å². The fourth-order valence-electron chi connectivity index (χ4n) is 2.11. The molecule has 0 aliphatic carbocycles. The van der Waals surface area contributed by atoms with Crippen molar-refractivity contribution in [2.75, 3.05) is 11.9 Å². The third-order valence-corrected chi connectivity index (χ3v) is 3.10. The third kappa shape index (κ3) is 3.03. The molecule has 0 aliphatic rings. The summed E-state index contributed by atoms with van der Waals surface area (Å²) in [5, 5.41) is 23.8. The summed E-state index contributed by atoms with van der Waals surface area (Å²) in [4.78, 5) is 14.8. The fraction of sp³-hybridized carbons (Fsp3) is 0.357. The van der Waals surface area contributed by atoms with Crippen molar-refractivity contribution < 1.29 is 10.0 Å². The van der Waals surface area contributed by atoms with E-state index >= 15 is 0 Å². The van der Waals surface area contributed by atoms with Crippen LogP contribution in [0.3, 0.4) is 0 Å². The van der Waals surface area contributed by atoms with Crippen molar-refractivity contribution in [3.8, 4) is 0 Å². The van der Waals surface area contributed by atoms with E-state index in [-0.39, 0.29) is 18.3 Å². The Hall–Kier alpha value is -2.21. The number of nitrogens with zero attached hydrogens (tertiary/aromatic N) is 2. The second-order valence-corrected chi connectivity index (χ2v) is 4.83. The van der Waals surface area contributed by atoms with Gasteiger partial charge in [-0.2, -0.15) is 0 Å². The van der Waals surface area contributed by atoms with Gasteiger partial charge in [0.1, 0.15) is 0 Å². The third-order valence-electron chi connectivity index (χ3n) is 3.10. The summed E-state index contributed by atoms with van der Waals surface area (Å²) in [6.07, 6.45) is 0.609. The number of nitrogens with one attached hydrogen (secondary N) is 1. The second kappa shape index (κ2) is 5.83. The minimum Gasteiger partial charge on any atom is -0.396 e. The van der Waals surface area contributed by atoms with E-state index in [0.29, 0.717) is 11.9 Å². The number of non-ortho nitro benzene ring substituents is 1. The van der Waals surface area contributed by atoms with Crippen LogP contribution < -0.4 is 5.32 Å². The van der Waals surface area contributed by atoms with E-state index in [1.165, 1.54) is 12.1 Å². The molecule has 1 atom stereocenters. The molecule has 0 spiro atoms. The molecular formula is C14H17N3O3. The van der Waals surface area contributed by atoms with Gasteiger partial charge in [-0.15, -0.1) is 0 Å². The number of aliphatic hydroxyl groups excluding tert-OH is 1. The molecule has 6 heteroatoms. The van der Waals surface area contributed by atoms with E-state index < -0.39 is 4.92 Å². The number of nitro groups is 1. The Balaban J connectivity index is 2.50. The predicted molar refractivity (Wildman–Crippen MR) is 77.9 cm³/mol. The van der Waals surface area contributed by atoms with Crippen molar-refractivity contribution in [2.45, 2.75) is 26.3 Å². The van der Waals surface area contributed by atoms with Gasteiger partial charge in [0.05, 0.1) is 10.4 Å². The monoisotopic (exact) mass is 275 g/mol. The average molecular weight is 275 g/mol. The number of aliphatic hydroxyl groups is 1. The van der Waals surface area contributed by atoms with Crippen molar-refractivity contribution in [3.05, 3.63) is 40.1 Å². The molecule has 0 saturated heterocycles. The smallest absolute Gasteiger partial charge is 0.270 e. The number of aromatic nitrogens is 1. The first-order valence-corrected chi connectivity index (χ1v) is 6.44. The lowest BCUT2D eigenvalue weighted by atomic mass is 10.1. The Morgan fingerprint density at radius 3 is 2.85 bits per heavy atom. The van der Waals surface area contributed by atoms with E-state index in [0.717, 1.165) is 16.8 Å². The molecule has 1 aromatic heterocycles. The highest BCUT2D eigenvalue weighted by atomic mass is 16.6. The summed E-state index contributed by atoms with van der Waals surface area (Å²) >= 11 is 0. The Kier molecular flexibility index (Phi) is 4.14. The lowest BCUT2D eigenvalue weighted by Crippen LogP contribution is -2.17. The first-order chi connectivity index (χ1) is 9.51. The van der Waals surface area contributed by atoms with Gasteiger partial charge in [0.15, 0.2) is 0 Å². The van der Waals surface area contributed by atoms with Gasteiger partial charge in [-0.05, 0) is 32.4 Å². The first kappa shape index (κ1) is 14.2. The molecule has 0 aliphatic heterocycles. The summed E-state index contributed by atoms with van der Waals surface area (Å²) in [6.45, 7) is 3.92. The van der Waals surface area contributed by atoms with E-state index in [1.807, 2.05) is 19.9 Å². The molecule has 2 rings (SSSR count). The average Bonchev–Trinajstić information content (AvgIpc) is 2.38. The number of aryl methyl sites for hydroxylation is 1. The van der Waals surface area contributed by atoms with Crippen LogP contribution in [-0.2, 0) is 0 Å². The molecule has 106 valence electrons. The number of benzene rings is 1. The molecule has 0 amide bonds.